The maximum Gasteiger partial charge on any atom is 0.107 e. The van der Waals surface area contributed by atoms with E-state index in [1.807, 2.05) is 13.0 Å². The van der Waals surface area contributed by atoms with Gasteiger partial charge in [-0.05, 0) is 32.4 Å². The molecule has 0 amide bonds. The molecule has 2 heteroatoms. The smallest absolute Gasteiger partial charge is 0.107 e. The normalized spacial score (nSPS) is 31.1. The average Bonchev–Trinajstić information content (AvgIpc) is 2.79. The van der Waals surface area contributed by atoms with Crippen LogP contribution in [0, 0.1) is 12.8 Å². The summed E-state index contributed by atoms with van der Waals surface area (Å²) in [5.41, 5.74) is 4.79. The van der Waals surface area contributed by atoms with Gasteiger partial charge in [0.15, 0.2) is 0 Å². The Balaban J connectivity index is 2.11. The SMILES string of the molecule is [2H]C1(C)C=CN2C1=C(C)N(c1ccccc1C)C2C. The van der Waals surface area contributed by atoms with Crippen LogP contribution in [0.1, 0.15) is 27.7 Å². The summed E-state index contributed by atoms with van der Waals surface area (Å²) in [5, 5.41) is 0. The maximum absolute atomic E-state index is 8.43. The topological polar surface area (TPSA) is 6.48 Å². The lowest BCUT2D eigenvalue weighted by molar-refractivity contribution is 0.394. The summed E-state index contributed by atoms with van der Waals surface area (Å²) in [6.45, 7) is 8.41. The highest BCUT2D eigenvalue weighted by Gasteiger charge is 2.37. The highest BCUT2D eigenvalue weighted by molar-refractivity contribution is 5.61. The van der Waals surface area contributed by atoms with Crippen molar-refractivity contribution in [1.82, 2.24) is 4.90 Å². The van der Waals surface area contributed by atoms with E-state index in [0.717, 1.165) is 5.70 Å². The molecule has 0 aliphatic carbocycles. The van der Waals surface area contributed by atoms with E-state index in [1.165, 1.54) is 16.9 Å². The number of anilines is 1. The standard InChI is InChI=1S/C16H20N2/c1-11-7-5-6-8-15(11)18-13(3)16-12(2)9-10-17(16)14(18)4/h5-10,12,14H,1-4H3/i12D. The first-order valence-corrected chi connectivity index (χ1v) is 6.47. The lowest BCUT2D eigenvalue weighted by Crippen LogP contribution is -2.34. The minimum absolute atomic E-state index is 0.236. The van der Waals surface area contributed by atoms with Crippen molar-refractivity contribution in [2.45, 2.75) is 33.9 Å². The second-order valence-electron chi connectivity index (χ2n) is 5.13. The van der Waals surface area contributed by atoms with Crippen LogP contribution in [-0.2, 0) is 0 Å². The monoisotopic (exact) mass is 241 g/mol. The summed E-state index contributed by atoms with van der Waals surface area (Å²) in [6, 6.07) is 8.44. The molecule has 1 aromatic rings. The molecule has 2 aliphatic rings. The van der Waals surface area contributed by atoms with Crippen molar-refractivity contribution in [3.63, 3.8) is 0 Å². The molecule has 94 valence electrons. The van der Waals surface area contributed by atoms with Crippen molar-refractivity contribution in [2.24, 2.45) is 5.89 Å². The Morgan fingerprint density at radius 1 is 1.17 bits per heavy atom. The third kappa shape index (κ3) is 1.41. The van der Waals surface area contributed by atoms with E-state index in [9.17, 15) is 0 Å². The molecule has 2 atom stereocenters. The second-order valence-corrected chi connectivity index (χ2v) is 5.13. The first-order valence-electron chi connectivity index (χ1n) is 6.97. The van der Waals surface area contributed by atoms with Crippen LogP contribution in [0.3, 0.4) is 0 Å². The van der Waals surface area contributed by atoms with Crippen molar-refractivity contribution < 1.29 is 1.37 Å². The molecule has 0 radical (unpaired) electrons. The summed E-state index contributed by atoms with van der Waals surface area (Å²) in [6.07, 6.45) is 4.26. The van der Waals surface area contributed by atoms with Crippen LogP contribution in [0.15, 0.2) is 47.9 Å². The predicted molar refractivity (Wildman–Crippen MR) is 76.0 cm³/mol. The zero-order chi connectivity index (χ0) is 13.8. The van der Waals surface area contributed by atoms with Crippen molar-refractivity contribution in [3.05, 3.63) is 53.5 Å². The molecule has 2 unspecified atom stereocenters. The Kier molecular flexibility index (Phi) is 2.22. The summed E-state index contributed by atoms with van der Waals surface area (Å²) in [5.74, 6) is -0.615. The number of hydrogen-bond acceptors (Lipinski definition) is 2. The predicted octanol–water partition coefficient (Wildman–Crippen LogP) is 3.86. The zero-order valence-electron chi connectivity index (χ0n) is 12.4. The van der Waals surface area contributed by atoms with Gasteiger partial charge < -0.3 is 9.80 Å². The van der Waals surface area contributed by atoms with Crippen LogP contribution in [0.4, 0.5) is 5.69 Å². The highest BCUT2D eigenvalue weighted by Crippen LogP contribution is 2.41. The Bertz CT molecular complexity index is 586. The van der Waals surface area contributed by atoms with Crippen LogP contribution >= 0.6 is 0 Å². The van der Waals surface area contributed by atoms with Gasteiger partial charge >= 0.3 is 0 Å². The van der Waals surface area contributed by atoms with E-state index in [0.29, 0.717) is 0 Å². The summed E-state index contributed by atoms with van der Waals surface area (Å²) >= 11 is 0. The maximum atomic E-state index is 8.43. The zero-order valence-corrected chi connectivity index (χ0v) is 11.4. The molecule has 0 bridgehead atoms. The largest absolute Gasteiger partial charge is 0.329 e. The molecule has 2 nitrogen and oxygen atoms in total. The van der Waals surface area contributed by atoms with Crippen molar-refractivity contribution in [2.75, 3.05) is 4.90 Å². The Morgan fingerprint density at radius 3 is 2.56 bits per heavy atom. The molecular weight excluding hydrogens is 220 g/mol. The second kappa shape index (κ2) is 3.91. The number of allylic oxidation sites excluding steroid dienone is 2. The molecule has 0 fully saturated rings. The molecular formula is C16H20N2. The molecule has 1 aromatic carbocycles. The quantitative estimate of drug-likeness (QED) is 0.736. The molecule has 18 heavy (non-hydrogen) atoms. The summed E-state index contributed by atoms with van der Waals surface area (Å²) in [7, 11) is 0. The molecule has 0 spiro atoms. The van der Waals surface area contributed by atoms with Crippen LogP contribution < -0.4 is 4.90 Å². The van der Waals surface area contributed by atoms with Crippen LogP contribution in [-0.4, -0.2) is 11.1 Å². The van der Waals surface area contributed by atoms with Crippen molar-refractivity contribution in [1.29, 1.82) is 0 Å². The van der Waals surface area contributed by atoms with E-state index in [-0.39, 0.29) is 6.17 Å². The molecule has 0 N–H and O–H groups in total. The van der Waals surface area contributed by atoms with Gasteiger partial charge in [0.1, 0.15) is 6.17 Å². The molecule has 2 aliphatic heterocycles. The summed E-state index contributed by atoms with van der Waals surface area (Å²) in [4.78, 5) is 4.55. The van der Waals surface area contributed by atoms with Gasteiger partial charge in [-0.3, -0.25) is 0 Å². The van der Waals surface area contributed by atoms with Gasteiger partial charge in [-0.15, -0.1) is 0 Å². The van der Waals surface area contributed by atoms with Gasteiger partial charge in [-0.2, -0.15) is 0 Å². The van der Waals surface area contributed by atoms with Crippen LogP contribution in [0.25, 0.3) is 0 Å². The Morgan fingerprint density at radius 2 is 1.89 bits per heavy atom. The first-order chi connectivity index (χ1) is 8.93. The fourth-order valence-electron chi connectivity index (χ4n) is 3.07. The Labute approximate surface area is 111 Å². The van der Waals surface area contributed by atoms with E-state index in [2.05, 4.69) is 61.0 Å². The fourth-order valence-corrected chi connectivity index (χ4v) is 3.07. The lowest BCUT2D eigenvalue weighted by atomic mass is 10.1. The van der Waals surface area contributed by atoms with Gasteiger partial charge in [-0.25, -0.2) is 0 Å². The Hall–Kier alpha value is -1.70. The number of benzene rings is 1. The highest BCUT2D eigenvalue weighted by atomic mass is 15.4. The first kappa shape index (κ1) is 10.2. The molecule has 0 saturated carbocycles. The fraction of sp³-hybridized carbons (Fsp3) is 0.375. The van der Waals surface area contributed by atoms with Gasteiger partial charge in [-0.1, -0.05) is 31.2 Å². The molecule has 3 rings (SSSR count). The number of para-hydroxylation sites is 1. The van der Waals surface area contributed by atoms with Crippen molar-refractivity contribution in [3.8, 4) is 0 Å². The molecule has 2 heterocycles. The molecule has 0 aromatic heterocycles. The number of hydrogen-bond donors (Lipinski definition) is 0. The lowest BCUT2D eigenvalue weighted by Gasteiger charge is -2.30. The minimum atomic E-state index is -0.615. The van der Waals surface area contributed by atoms with Gasteiger partial charge in [0.25, 0.3) is 0 Å². The number of rotatable bonds is 1. The summed E-state index contributed by atoms with van der Waals surface area (Å²) < 4.78 is 8.43. The van der Waals surface area contributed by atoms with Crippen molar-refractivity contribution >= 4 is 5.69 Å². The van der Waals surface area contributed by atoms with E-state index < -0.39 is 5.89 Å². The third-order valence-electron chi connectivity index (χ3n) is 3.97. The number of aryl methyl sites for hydroxylation is 1. The minimum Gasteiger partial charge on any atom is -0.329 e. The average molecular weight is 241 g/mol. The van der Waals surface area contributed by atoms with Crippen LogP contribution in [0.2, 0.25) is 0 Å². The molecule has 0 saturated heterocycles. The van der Waals surface area contributed by atoms with E-state index >= 15 is 0 Å². The van der Waals surface area contributed by atoms with E-state index in [1.54, 1.807) is 0 Å². The number of fused-ring (bicyclic) bond motifs is 1. The number of nitrogens with zero attached hydrogens (tertiary/aromatic N) is 2. The third-order valence-corrected chi connectivity index (χ3v) is 3.97. The van der Waals surface area contributed by atoms with Gasteiger partial charge in [0.2, 0.25) is 0 Å². The van der Waals surface area contributed by atoms with Gasteiger partial charge in [0, 0.05) is 30.5 Å². The van der Waals surface area contributed by atoms with Gasteiger partial charge in [0.05, 0.1) is 0 Å². The van der Waals surface area contributed by atoms with Crippen LogP contribution in [0.5, 0.6) is 0 Å². The van der Waals surface area contributed by atoms with E-state index in [4.69, 9.17) is 1.37 Å².